The molecule has 0 aliphatic carbocycles. The molecule has 1 fully saturated rings. The van der Waals surface area contributed by atoms with Crippen LogP contribution in [0.2, 0.25) is 5.02 Å². The van der Waals surface area contributed by atoms with E-state index >= 15 is 0 Å². The average molecular weight is 309 g/mol. The highest BCUT2D eigenvalue weighted by Gasteiger charge is 2.26. The first-order chi connectivity index (χ1) is 10.1. The molecule has 4 nitrogen and oxygen atoms in total. The van der Waals surface area contributed by atoms with E-state index in [2.05, 4.69) is 5.32 Å². The quantitative estimate of drug-likeness (QED) is 0.929. The number of rotatable bonds is 4. The van der Waals surface area contributed by atoms with Crippen molar-refractivity contribution in [3.05, 3.63) is 34.9 Å². The normalized spacial score (nSPS) is 15.8. The van der Waals surface area contributed by atoms with Gasteiger partial charge in [-0.05, 0) is 24.5 Å². The second-order valence-electron chi connectivity index (χ2n) is 5.32. The van der Waals surface area contributed by atoms with E-state index < -0.39 is 0 Å². The lowest BCUT2D eigenvalue weighted by Gasteiger charge is -2.31. The monoisotopic (exact) mass is 308 g/mol. The molecular formula is C16H21ClN2O2. The third-order valence-corrected chi connectivity index (χ3v) is 4.30. The lowest BCUT2D eigenvalue weighted by molar-refractivity contribution is -0.135. The number of nitrogens with zero attached hydrogens (tertiary/aromatic N) is 1. The molecule has 0 bridgehead atoms. The maximum absolute atomic E-state index is 12.2. The van der Waals surface area contributed by atoms with Crippen LogP contribution in [-0.4, -0.2) is 29.8 Å². The van der Waals surface area contributed by atoms with Gasteiger partial charge in [-0.2, -0.15) is 0 Å². The Kier molecular flexibility index (Phi) is 5.62. The first kappa shape index (κ1) is 15.8. The summed E-state index contributed by atoms with van der Waals surface area (Å²) in [5.74, 6) is 0.219. The molecule has 1 aliphatic rings. The number of carbonyl (C=O) groups is 2. The first-order valence-electron chi connectivity index (χ1n) is 7.40. The Balaban J connectivity index is 1.80. The molecule has 1 saturated heterocycles. The topological polar surface area (TPSA) is 49.4 Å². The minimum absolute atomic E-state index is 0.00612. The number of hydrogen-bond acceptors (Lipinski definition) is 2. The Morgan fingerprint density at radius 2 is 1.95 bits per heavy atom. The van der Waals surface area contributed by atoms with Crippen LogP contribution in [-0.2, 0) is 16.1 Å². The molecule has 1 aliphatic heterocycles. The van der Waals surface area contributed by atoms with Crippen LogP contribution in [0.25, 0.3) is 0 Å². The van der Waals surface area contributed by atoms with Gasteiger partial charge in [-0.3, -0.25) is 9.59 Å². The van der Waals surface area contributed by atoms with Gasteiger partial charge in [0.2, 0.25) is 11.8 Å². The molecule has 0 spiro atoms. The fourth-order valence-corrected chi connectivity index (χ4v) is 2.79. The van der Waals surface area contributed by atoms with Crippen molar-refractivity contribution in [3.63, 3.8) is 0 Å². The zero-order valence-electron chi connectivity index (χ0n) is 12.3. The Morgan fingerprint density at radius 1 is 1.29 bits per heavy atom. The van der Waals surface area contributed by atoms with Crippen molar-refractivity contribution >= 4 is 23.4 Å². The van der Waals surface area contributed by atoms with E-state index in [-0.39, 0.29) is 17.7 Å². The van der Waals surface area contributed by atoms with Crippen molar-refractivity contribution in [2.75, 3.05) is 13.1 Å². The zero-order chi connectivity index (χ0) is 15.2. The summed E-state index contributed by atoms with van der Waals surface area (Å²) in [6.07, 6.45) is 2.00. The molecule has 0 radical (unpaired) electrons. The molecule has 2 rings (SSSR count). The number of amides is 2. The molecular weight excluding hydrogens is 288 g/mol. The van der Waals surface area contributed by atoms with Crippen molar-refractivity contribution in [1.82, 2.24) is 10.2 Å². The van der Waals surface area contributed by atoms with E-state index in [1.807, 2.05) is 36.1 Å². The van der Waals surface area contributed by atoms with Crippen LogP contribution in [0, 0.1) is 5.92 Å². The third-order valence-electron chi connectivity index (χ3n) is 3.93. The second-order valence-corrected chi connectivity index (χ2v) is 5.73. The van der Waals surface area contributed by atoms with Crippen molar-refractivity contribution < 1.29 is 9.59 Å². The Labute approximate surface area is 130 Å². The lowest BCUT2D eigenvalue weighted by Crippen LogP contribution is -2.42. The predicted octanol–water partition coefficient (Wildman–Crippen LogP) is 2.60. The Hall–Kier alpha value is -1.55. The molecule has 5 heteroatoms. The molecule has 1 heterocycles. The first-order valence-corrected chi connectivity index (χ1v) is 7.78. The Morgan fingerprint density at radius 3 is 2.57 bits per heavy atom. The van der Waals surface area contributed by atoms with E-state index in [1.165, 1.54) is 0 Å². The number of nitrogens with one attached hydrogen (secondary N) is 1. The van der Waals surface area contributed by atoms with Gasteiger partial charge in [0.15, 0.2) is 0 Å². The smallest absolute Gasteiger partial charge is 0.223 e. The van der Waals surface area contributed by atoms with E-state index in [4.69, 9.17) is 11.6 Å². The second kappa shape index (κ2) is 7.46. The lowest BCUT2D eigenvalue weighted by atomic mass is 9.95. The van der Waals surface area contributed by atoms with Crippen molar-refractivity contribution in [2.45, 2.75) is 32.7 Å². The molecule has 1 N–H and O–H groups in total. The molecule has 0 atom stereocenters. The van der Waals surface area contributed by atoms with E-state index in [0.717, 1.165) is 18.4 Å². The van der Waals surface area contributed by atoms with E-state index in [0.29, 0.717) is 31.1 Å². The maximum Gasteiger partial charge on any atom is 0.223 e. The summed E-state index contributed by atoms with van der Waals surface area (Å²) in [5, 5.41) is 3.61. The highest BCUT2D eigenvalue weighted by molar-refractivity contribution is 6.31. The van der Waals surface area contributed by atoms with Gasteiger partial charge in [0.05, 0.1) is 0 Å². The van der Waals surface area contributed by atoms with Crippen LogP contribution >= 0.6 is 11.6 Å². The zero-order valence-corrected chi connectivity index (χ0v) is 13.0. The number of carbonyl (C=O) groups excluding carboxylic acids is 2. The van der Waals surface area contributed by atoms with Crippen LogP contribution < -0.4 is 5.32 Å². The van der Waals surface area contributed by atoms with Gasteiger partial charge in [-0.15, -0.1) is 0 Å². The summed E-state index contributed by atoms with van der Waals surface area (Å²) in [7, 11) is 0. The van der Waals surface area contributed by atoms with Crippen LogP contribution in [0.5, 0.6) is 0 Å². The highest BCUT2D eigenvalue weighted by atomic mass is 35.5. The van der Waals surface area contributed by atoms with Crippen LogP contribution in [0.15, 0.2) is 24.3 Å². The van der Waals surface area contributed by atoms with Gasteiger partial charge in [0, 0.05) is 37.0 Å². The minimum Gasteiger partial charge on any atom is -0.352 e. The van der Waals surface area contributed by atoms with Gasteiger partial charge in [0.1, 0.15) is 0 Å². The van der Waals surface area contributed by atoms with E-state index in [1.54, 1.807) is 0 Å². The van der Waals surface area contributed by atoms with Crippen LogP contribution in [0.1, 0.15) is 31.7 Å². The van der Waals surface area contributed by atoms with Gasteiger partial charge >= 0.3 is 0 Å². The molecule has 21 heavy (non-hydrogen) atoms. The number of piperidine rings is 1. The molecule has 0 aromatic heterocycles. The summed E-state index contributed by atoms with van der Waals surface area (Å²) < 4.78 is 0. The van der Waals surface area contributed by atoms with Gasteiger partial charge in [-0.25, -0.2) is 0 Å². The third kappa shape index (κ3) is 4.21. The fourth-order valence-electron chi connectivity index (χ4n) is 2.58. The minimum atomic E-state index is -0.00612. The van der Waals surface area contributed by atoms with Gasteiger partial charge < -0.3 is 10.2 Å². The average Bonchev–Trinajstić information content (AvgIpc) is 2.53. The summed E-state index contributed by atoms with van der Waals surface area (Å²) >= 11 is 6.07. The Bertz CT molecular complexity index is 511. The molecule has 1 aromatic carbocycles. The maximum atomic E-state index is 12.2. The summed E-state index contributed by atoms with van der Waals surface area (Å²) in [6, 6.07) is 7.50. The largest absolute Gasteiger partial charge is 0.352 e. The van der Waals surface area contributed by atoms with Crippen molar-refractivity contribution in [1.29, 1.82) is 0 Å². The standard InChI is InChI=1S/C16H21ClN2O2/c1-2-15(20)19-9-7-12(8-10-19)16(21)18-11-13-5-3-4-6-14(13)17/h3-6,12H,2,7-11H2,1H3,(H,18,21). The summed E-state index contributed by atoms with van der Waals surface area (Å²) in [4.78, 5) is 25.6. The molecule has 1 aromatic rings. The molecule has 0 saturated carbocycles. The predicted molar refractivity (Wildman–Crippen MR) is 82.9 cm³/mol. The highest BCUT2D eigenvalue weighted by Crippen LogP contribution is 2.19. The molecule has 114 valence electrons. The summed E-state index contributed by atoms with van der Waals surface area (Å²) in [5.41, 5.74) is 0.922. The number of benzene rings is 1. The van der Waals surface area contributed by atoms with Crippen LogP contribution in [0.4, 0.5) is 0 Å². The summed E-state index contributed by atoms with van der Waals surface area (Å²) in [6.45, 7) is 3.67. The fraction of sp³-hybridized carbons (Fsp3) is 0.500. The van der Waals surface area contributed by atoms with Crippen LogP contribution in [0.3, 0.4) is 0 Å². The van der Waals surface area contributed by atoms with Crippen molar-refractivity contribution in [2.24, 2.45) is 5.92 Å². The number of hydrogen-bond donors (Lipinski definition) is 1. The number of halogens is 1. The van der Waals surface area contributed by atoms with Crippen molar-refractivity contribution in [3.8, 4) is 0 Å². The molecule has 2 amide bonds. The van der Waals surface area contributed by atoms with Gasteiger partial charge in [-0.1, -0.05) is 36.7 Å². The van der Waals surface area contributed by atoms with Gasteiger partial charge in [0.25, 0.3) is 0 Å². The SMILES string of the molecule is CCC(=O)N1CCC(C(=O)NCc2ccccc2Cl)CC1. The van der Waals surface area contributed by atoms with E-state index in [9.17, 15) is 9.59 Å². The molecule has 0 unspecified atom stereocenters. The number of likely N-dealkylation sites (tertiary alicyclic amines) is 1.